The predicted octanol–water partition coefficient (Wildman–Crippen LogP) is 2.87. The van der Waals surface area contributed by atoms with Crippen LogP contribution < -0.4 is 15.4 Å². The second-order valence-corrected chi connectivity index (χ2v) is 8.22. The molecule has 1 saturated heterocycles. The largest absolute Gasteiger partial charge is 0.457 e. The van der Waals surface area contributed by atoms with Crippen molar-refractivity contribution in [2.45, 2.75) is 18.7 Å². The zero-order chi connectivity index (χ0) is 22.9. The van der Waals surface area contributed by atoms with Gasteiger partial charge in [-0.2, -0.15) is 0 Å². The van der Waals surface area contributed by atoms with Crippen molar-refractivity contribution < 1.29 is 14.6 Å². The molecule has 8 heteroatoms. The SMILES string of the molecule is CNc1cc(Oc2ccnc(-c3ccc4c(c3)CN([C@H]3CNC[C@H]3O)C4=O)c2)ccc1C=N. The summed E-state index contributed by atoms with van der Waals surface area (Å²) in [5.74, 6) is 1.26. The fraction of sp³-hybridized carbons (Fsp3) is 0.240. The molecule has 0 radical (unpaired) electrons. The summed E-state index contributed by atoms with van der Waals surface area (Å²) in [6, 6.07) is 14.7. The predicted molar refractivity (Wildman–Crippen MR) is 126 cm³/mol. The molecule has 8 nitrogen and oxygen atoms in total. The molecule has 4 N–H and O–H groups in total. The normalized spacial score (nSPS) is 19.5. The Morgan fingerprint density at radius 2 is 2.03 bits per heavy atom. The molecule has 0 unspecified atom stereocenters. The molecule has 168 valence electrons. The zero-order valence-corrected chi connectivity index (χ0v) is 18.2. The lowest BCUT2D eigenvalue weighted by Crippen LogP contribution is -2.43. The van der Waals surface area contributed by atoms with Crippen LogP contribution >= 0.6 is 0 Å². The number of pyridine rings is 1. The third-order valence-electron chi connectivity index (χ3n) is 6.20. The average Bonchev–Trinajstić information content (AvgIpc) is 3.41. The maximum absolute atomic E-state index is 12.9. The number of hydrogen-bond donors (Lipinski definition) is 4. The van der Waals surface area contributed by atoms with Crippen LogP contribution in [0.1, 0.15) is 21.5 Å². The minimum atomic E-state index is -0.547. The molecule has 2 aliphatic heterocycles. The summed E-state index contributed by atoms with van der Waals surface area (Å²) in [5, 5.41) is 23.9. The maximum atomic E-state index is 12.9. The van der Waals surface area contributed by atoms with Crippen LogP contribution in [0.2, 0.25) is 0 Å². The van der Waals surface area contributed by atoms with Crippen LogP contribution in [0.3, 0.4) is 0 Å². The smallest absolute Gasteiger partial charge is 0.254 e. The summed E-state index contributed by atoms with van der Waals surface area (Å²) in [6.07, 6.45) is 2.44. The van der Waals surface area contributed by atoms with Crippen molar-refractivity contribution in [2.75, 3.05) is 25.5 Å². The van der Waals surface area contributed by atoms with Crippen molar-refractivity contribution >= 4 is 17.8 Å². The second-order valence-electron chi connectivity index (χ2n) is 8.22. The molecule has 0 aliphatic carbocycles. The number of fused-ring (bicyclic) bond motifs is 1. The molecular formula is C25H25N5O3. The van der Waals surface area contributed by atoms with Crippen LogP contribution in [0.15, 0.2) is 54.7 Å². The average molecular weight is 444 g/mol. The van der Waals surface area contributed by atoms with Gasteiger partial charge in [0.2, 0.25) is 0 Å². The van der Waals surface area contributed by atoms with Gasteiger partial charge in [0.1, 0.15) is 11.5 Å². The molecule has 0 spiro atoms. The number of aromatic nitrogens is 1. The number of nitrogens with zero attached hydrogens (tertiary/aromatic N) is 2. The van der Waals surface area contributed by atoms with E-state index in [1.165, 1.54) is 6.21 Å². The number of aliphatic hydroxyl groups is 1. The van der Waals surface area contributed by atoms with Crippen molar-refractivity contribution in [1.82, 2.24) is 15.2 Å². The molecule has 5 rings (SSSR count). The number of nitrogens with one attached hydrogen (secondary N) is 3. The van der Waals surface area contributed by atoms with E-state index in [1.807, 2.05) is 42.5 Å². The van der Waals surface area contributed by atoms with Crippen molar-refractivity contribution in [3.63, 3.8) is 0 Å². The Balaban J connectivity index is 1.38. The maximum Gasteiger partial charge on any atom is 0.254 e. The van der Waals surface area contributed by atoms with E-state index in [4.69, 9.17) is 10.1 Å². The molecule has 0 bridgehead atoms. The van der Waals surface area contributed by atoms with E-state index < -0.39 is 6.10 Å². The second kappa shape index (κ2) is 8.65. The van der Waals surface area contributed by atoms with Gasteiger partial charge >= 0.3 is 0 Å². The van der Waals surface area contributed by atoms with E-state index >= 15 is 0 Å². The molecule has 2 aliphatic rings. The molecule has 1 fully saturated rings. The van der Waals surface area contributed by atoms with E-state index in [-0.39, 0.29) is 11.9 Å². The number of benzene rings is 2. The minimum Gasteiger partial charge on any atom is -0.457 e. The van der Waals surface area contributed by atoms with Gasteiger partial charge in [0.05, 0.1) is 17.8 Å². The quantitative estimate of drug-likeness (QED) is 0.436. The van der Waals surface area contributed by atoms with Gasteiger partial charge in [-0.05, 0) is 35.9 Å². The van der Waals surface area contributed by atoms with Gasteiger partial charge in [0.25, 0.3) is 5.91 Å². The molecule has 2 aromatic carbocycles. The first kappa shape index (κ1) is 21.1. The third kappa shape index (κ3) is 3.94. The van der Waals surface area contributed by atoms with Crippen LogP contribution in [0.5, 0.6) is 11.5 Å². The number of hydrogen-bond acceptors (Lipinski definition) is 7. The Morgan fingerprint density at radius 3 is 2.79 bits per heavy atom. The van der Waals surface area contributed by atoms with Crippen molar-refractivity contribution in [3.8, 4) is 22.8 Å². The Morgan fingerprint density at radius 1 is 1.18 bits per heavy atom. The van der Waals surface area contributed by atoms with Crippen molar-refractivity contribution in [1.29, 1.82) is 5.41 Å². The van der Waals surface area contributed by atoms with Crippen LogP contribution in [0.25, 0.3) is 11.3 Å². The summed E-state index contributed by atoms with van der Waals surface area (Å²) < 4.78 is 6.04. The number of β-amino-alcohol motifs (C(OH)–C–C–N with tert-alkyl or cyclic N) is 1. The van der Waals surface area contributed by atoms with E-state index in [9.17, 15) is 9.90 Å². The fourth-order valence-electron chi connectivity index (χ4n) is 4.45. The number of anilines is 1. The highest BCUT2D eigenvalue weighted by Crippen LogP contribution is 2.32. The lowest BCUT2D eigenvalue weighted by atomic mass is 10.0. The lowest BCUT2D eigenvalue weighted by Gasteiger charge is -2.25. The molecule has 1 aromatic heterocycles. The number of amides is 1. The van der Waals surface area contributed by atoms with Gasteiger partial charge in [-0.25, -0.2) is 0 Å². The van der Waals surface area contributed by atoms with Crippen LogP contribution in [0.4, 0.5) is 5.69 Å². The Hall–Kier alpha value is -3.75. The monoisotopic (exact) mass is 443 g/mol. The third-order valence-corrected chi connectivity index (χ3v) is 6.20. The minimum absolute atomic E-state index is 0.0388. The summed E-state index contributed by atoms with van der Waals surface area (Å²) in [7, 11) is 1.81. The number of carbonyl (C=O) groups is 1. The summed E-state index contributed by atoms with van der Waals surface area (Å²) in [5.41, 5.74) is 4.85. The van der Waals surface area contributed by atoms with E-state index in [0.717, 1.165) is 28.1 Å². The van der Waals surface area contributed by atoms with Crippen molar-refractivity contribution in [2.24, 2.45) is 0 Å². The number of aliphatic hydroxyl groups excluding tert-OH is 1. The van der Waals surface area contributed by atoms with Gasteiger partial charge < -0.3 is 30.8 Å². The fourth-order valence-corrected chi connectivity index (χ4v) is 4.45. The first-order valence-electron chi connectivity index (χ1n) is 10.9. The highest BCUT2D eigenvalue weighted by molar-refractivity contribution is 5.99. The van der Waals surface area contributed by atoms with Crippen molar-refractivity contribution in [3.05, 3.63) is 71.4 Å². The van der Waals surface area contributed by atoms with Crippen LogP contribution in [-0.2, 0) is 6.54 Å². The van der Waals surface area contributed by atoms with Gasteiger partial charge in [-0.15, -0.1) is 0 Å². The van der Waals surface area contributed by atoms with E-state index in [1.54, 1.807) is 24.2 Å². The molecule has 3 aromatic rings. The highest BCUT2D eigenvalue weighted by atomic mass is 16.5. The van der Waals surface area contributed by atoms with Crippen LogP contribution in [0, 0.1) is 5.41 Å². The van der Waals surface area contributed by atoms with Crippen LogP contribution in [-0.4, -0.2) is 59.4 Å². The Labute approximate surface area is 191 Å². The standard InChI is InChI=1S/C25H25N5O3/c1-27-21-9-18(4-2-16(21)11-26)33-19-6-7-29-22(10-19)15-3-5-20-17(8-15)14-30(25(20)32)23-12-28-13-24(23)31/h2-11,23-24,26-28,31H,12-14H2,1H3/t23-,24+/m0/s1. The van der Waals surface area contributed by atoms with E-state index in [2.05, 4.69) is 15.6 Å². The summed E-state index contributed by atoms with van der Waals surface area (Å²) in [6.45, 7) is 1.59. The number of ether oxygens (including phenoxy) is 1. The summed E-state index contributed by atoms with van der Waals surface area (Å²) in [4.78, 5) is 19.1. The molecule has 0 saturated carbocycles. The first-order chi connectivity index (χ1) is 16.1. The molecular weight excluding hydrogens is 418 g/mol. The first-order valence-corrected chi connectivity index (χ1v) is 10.9. The van der Waals surface area contributed by atoms with Gasteiger partial charge in [0, 0.05) is 73.6 Å². The number of carbonyl (C=O) groups excluding carboxylic acids is 1. The zero-order valence-electron chi connectivity index (χ0n) is 18.2. The van der Waals surface area contributed by atoms with E-state index in [0.29, 0.717) is 36.7 Å². The van der Waals surface area contributed by atoms with Gasteiger partial charge in [0.15, 0.2) is 0 Å². The molecule has 3 heterocycles. The lowest BCUT2D eigenvalue weighted by molar-refractivity contribution is 0.0527. The molecule has 1 amide bonds. The van der Waals surface area contributed by atoms with Gasteiger partial charge in [-0.3, -0.25) is 9.78 Å². The summed E-state index contributed by atoms with van der Waals surface area (Å²) >= 11 is 0. The molecule has 33 heavy (non-hydrogen) atoms. The highest BCUT2D eigenvalue weighted by Gasteiger charge is 2.38. The Kier molecular flexibility index (Phi) is 5.53. The van der Waals surface area contributed by atoms with Gasteiger partial charge in [-0.1, -0.05) is 6.07 Å². The topological polar surface area (TPSA) is 111 Å². The number of rotatable bonds is 6. The molecule has 2 atom stereocenters. The Bertz CT molecular complexity index is 1230.